The highest BCUT2D eigenvalue weighted by Crippen LogP contribution is 2.14. The van der Waals surface area contributed by atoms with Gasteiger partial charge in [0.2, 0.25) is 0 Å². The van der Waals surface area contributed by atoms with Crippen LogP contribution in [0.1, 0.15) is 12.4 Å². The van der Waals surface area contributed by atoms with Crippen LogP contribution in [0.2, 0.25) is 0 Å². The standard InChI is InChI=1S/C6H5Br2N/c1-4-2-5(7)9-6(8)3-4/h2-3H,1H3/i1D3,2D,3D. The lowest BCUT2D eigenvalue weighted by Gasteiger charge is -1.93. The molecule has 0 saturated carbocycles. The van der Waals surface area contributed by atoms with E-state index in [2.05, 4.69) is 36.8 Å². The number of hydrogen-bond donors (Lipinski definition) is 0. The molecular weight excluding hydrogens is 246 g/mol. The van der Waals surface area contributed by atoms with E-state index in [-0.39, 0.29) is 26.9 Å². The Hall–Kier alpha value is 0.110. The molecule has 1 aromatic rings. The third-order valence-electron chi connectivity index (χ3n) is 0.653. The van der Waals surface area contributed by atoms with Gasteiger partial charge in [0.15, 0.2) is 0 Å². The molecule has 0 aliphatic rings. The summed E-state index contributed by atoms with van der Waals surface area (Å²) in [5.41, 5.74) is -0.300. The van der Waals surface area contributed by atoms with E-state index in [1.54, 1.807) is 0 Å². The number of aromatic nitrogens is 1. The Bertz CT molecular complexity index is 349. The van der Waals surface area contributed by atoms with Crippen molar-refractivity contribution in [2.75, 3.05) is 0 Å². The second-order valence-electron chi connectivity index (χ2n) is 1.32. The summed E-state index contributed by atoms with van der Waals surface area (Å²) in [6.45, 7) is -2.47. The molecule has 1 rings (SSSR count). The van der Waals surface area contributed by atoms with Crippen LogP contribution in [-0.4, -0.2) is 4.98 Å². The van der Waals surface area contributed by atoms with Crippen LogP contribution in [0.25, 0.3) is 0 Å². The lowest BCUT2D eigenvalue weighted by atomic mass is 10.3. The zero-order valence-corrected chi connectivity index (χ0v) is 7.38. The van der Waals surface area contributed by atoms with E-state index in [1.165, 1.54) is 0 Å². The van der Waals surface area contributed by atoms with Gasteiger partial charge in [0.25, 0.3) is 0 Å². The van der Waals surface area contributed by atoms with Crippen LogP contribution < -0.4 is 0 Å². The van der Waals surface area contributed by atoms with E-state index in [9.17, 15) is 0 Å². The summed E-state index contributed by atoms with van der Waals surface area (Å²) in [5.74, 6) is 0. The van der Waals surface area contributed by atoms with E-state index in [0.717, 1.165) is 0 Å². The number of rotatable bonds is 0. The summed E-state index contributed by atoms with van der Waals surface area (Å²) in [4.78, 5) is 3.76. The van der Waals surface area contributed by atoms with Gasteiger partial charge in [-0.2, -0.15) is 0 Å². The van der Waals surface area contributed by atoms with Crippen LogP contribution in [-0.2, 0) is 0 Å². The van der Waals surface area contributed by atoms with Crippen molar-refractivity contribution in [2.24, 2.45) is 0 Å². The maximum absolute atomic E-state index is 7.48. The topological polar surface area (TPSA) is 12.9 Å². The van der Waals surface area contributed by atoms with Crippen LogP contribution in [0.15, 0.2) is 21.3 Å². The summed E-state index contributed by atoms with van der Waals surface area (Å²) in [6.07, 6.45) is 0. The molecule has 0 N–H and O–H groups in total. The minimum atomic E-state index is -2.47. The third-order valence-corrected chi connectivity index (χ3v) is 1.40. The molecule has 0 unspecified atom stereocenters. The lowest BCUT2D eigenvalue weighted by molar-refractivity contribution is 1.20. The molecule has 48 valence electrons. The second kappa shape index (κ2) is 2.80. The van der Waals surface area contributed by atoms with Gasteiger partial charge < -0.3 is 0 Å². The highest BCUT2D eigenvalue weighted by molar-refractivity contribution is 9.11. The van der Waals surface area contributed by atoms with Crippen molar-refractivity contribution in [3.05, 3.63) is 26.9 Å². The summed E-state index contributed by atoms with van der Waals surface area (Å²) < 4.78 is 36.7. The van der Waals surface area contributed by atoms with Gasteiger partial charge in [0, 0.05) is 4.11 Å². The molecule has 0 aliphatic carbocycles. The van der Waals surface area contributed by atoms with Gasteiger partial charge in [-0.1, -0.05) is 0 Å². The van der Waals surface area contributed by atoms with Gasteiger partial charge in [-0.15, -0.1) is 0 Å². The minimum absolute atomic E-state index is 0.117. The van der Waals surface area contributed by atoms with Crippen LogP contribution in [0.3, 0.4) is 0 Å². The normalized spacial score (nSPS) is 19.1. The Labute approximate surface area is 77.8 Å². The fourth-order valence-corrected chi connectivity index (χ4v) is 1.37. The fraction of sp³-hybridized carbons (Fsp3) is 0.167. The molecular formula is C6H5Br2N. The first-order valence-electron chi connectivity index (χ1n) is 4.58. The minimum Gasteiger partial charge on any atom is -0.234 e. The van der Waals surface area contributed by atoms with Crippen molar-refractivity contribution >= 4 is 31.9 Å². The van der Waals surface area contributed by atoms with Crippen molar-refractivity contribution in [1.82, 2.24) is 4.98 Å². The average Bonchev–Trinajstić information content (AvgIpc) is 1.98. The lowest BCUT2D eigenvalue weighted by Crippen LogP contribution is -1.78. The van der Waals surface area contributed by atoms with Crippen molar-refractivity contribution in [3.8, 4) is 0 Å². The molecule has 3 heteroatoms. The van der Waals surface area contributed by atoms with Gasteiger partial charge in [-0.3, -0.25) is 0 Å². The molecule has 1 nitrogen and oxygen atoms in total. The smallest absolute Gasteiger partial charge is 0.107 e. The van der Waals surface area contributed by atoms with Crippen molar-refractivity contribution in [2.45, 2.75) is 6.85 Å². The van der Waals surface area contributed by atoms with Crippen LogP contribution >= 0.6 is 31.9 Å². The number of nitrogens with zero attached hydrogens (tertiary/aromatic N) is 1. The van der Waals surface area contributed by atoms with E-state index in [0.29, 0.717) is 0 Å². The number of halogens is 2. The molecule has 0 atom stereocenters. The number of pyridine rings is 1. The maximum atomic E-state index is 7.48. The number of hydrogen-bond acceptors (Lipinski definition) is 1. The molecule has 0 spiro atoms. The van der Waals surface area contributed by atoms with Crippen molar-refractivity contribution < 1.29 is 6.85 Å². The van der Waals surface area contributed by atoms with Gasteiger partial charge in [-0.25, -0.2) is 4.98 Å². The van der Waals surface area contributed by atoms with E-state index < -0.39 is 6.85 Å². The van der Waals surface area contributed by atoms with Gasteiger partial charge in [0.05, 0.1) is 2.74 Å². The van der Waals surface area contributed by atoms with Crippen molar-refractivity contribution in [1.29, 1.82) is 0 Å². The van der Waals surface area contributed by atoms with E-state index in [4.69, 9.17) is 6.85 Å². The molecule has 0 aromatic carbocycles. The summed E-state index contributed by atoms with van der Waals surface area (Å²) in [5, 5.41) is 0. The Morgan fingerprint density at radius 3 is 2.56 bits per heavy atom. The molecule has 0 saturated heterocycles. The SMILES string of the molecule is [2H]c1c(Br)nc(Br)c([2H])c1C([2H])([2H])[2H]. The van der Waals surface area contributed by atoms with E-state index in [1.807, 2.05) is 0 Å². The Morgan fingerprint density at radius 1 is 1.56 bits per heavy atom. The average molecular weight is 256 g/mol. The summed E-state index contributed by atoms with van der Waals surface area (Å²) >= 11 is 5.92. The first-order chi connectivity index (χ1) is 6.25. The second-order valence-corrected chi connectivity index (χ2v) is 2.82. The Morgan fingerprint density at radius 2 is 2.11 bits per heavy atom. The third kappa shape index (κ3) is 2.06. The molecule has 0 amide bonds. The predicted molar refractivity (Wildman–Crippen MR) is 44.4 cm³/mol. The van der Waals surface area contributed by atoms with Gasteiger partial charge in [0.1, 0.15) is 9.21 Å². The van der Waals surface area contributed by atoms with Crippen LogP contribution in [0, 0.1) is 6.85 Å². The monoisotopic (exact) mass is 254 g/mol. The fourth-order valence-electron chi connectivity index (χ4n) is 0.380. The van der Waals surface area contributed by atoms with Crippen LogP contribution in [0.5, 0.6) is 0 Å². The first kappa shape index (κ1) is 3.01. The maximum Gasteiger partial charge on any atom is 0.107 e. The molecule has 0 fully saturated rings. The molecule has 1 aromatic heterocycles. The predicted octanol–water partition coefficient (Wildman–Crippen LogP) is 2.92. The van der Waals surface area contributed by atoms with E-state index >= 15 is 0 Å². The van der Waals surface area contributed by atoms with Gasteiger partial charge in [-0.05, 0) is 56.4 Å². The zero-order chi connectivity index (χ0) is 11.1. The highest BCUT2D eigenvalue weighted by atomic mass is 79.9. The quantitative estimate of drug-likeness (QED) is 0.650. The zero-order valence-electron chi connectivity index (χ0n) is 9.20. The first-order valence-corrected chi connectivity index (χ1v) is 3.66. The largest absolute Gasteiger partial charge is 0.234 e. The summed E-state index contributed by atoms with van der Waals surface area (Å²) in [6, 6.07) is -0.531. The molecule has 0 radical (unpaired) electrons. The molecule has 0 bridgehead atoms. The molecule has 1 heterocycles. The molecule has 9 heavy (non-hydrogen) atoms. The Kier molecular flexibility index (Phi) is 0.935. The summed E-state index contributed by atoms with van der Waals surface area (Å²) in [7, 11) is 0. The molecule has 0 aliphatic heterocycles. The Balaban J connectivity index is 3.56. The van der Waals surface area contributed by atoms with Gasteiger partial charge >= 0.3 is 0 Å². The van der Waals surface area contributed by atoms with Crippen molar-refractivity contribution in [3.63, 3.8) is 0 Å². The van der Waals surface area contributed by atoms with Crippen LogP contribution in [0.4, 0.5) is 0 Å². The highest BCUT2D eigenvalue weighted by Gasteiger charge is 1.91.